The Morgan fingerprint density at radius 3 is 2.51 bits per heavy atom. The van der Waals surface area contributed by atoms with Crippen LogP contribution in [0.5, 0.6) is 0 Å². The SMILES string of the molecule is CO[C@H](c1ncc(Cl)cn1)[C@H](C)S(=O)(=O)Cc1nnc(-c2cccc(C)n2)n1[C@H](C)c1cncs1. The summed E-state index contributed by atoms with van der Waals surface area (Å²) in [6.45, 7) is 5.40. The second-order valence-electron chi connectivity index (χ2n) is 7.98. The second kappa shape index (κ2) is 10.4. The Hall–Kier alpha value is -2.80. The molecule has 4 aromatic rings. The van der Waals surface area contributed by atoms with Gasteiger partial charge < -0.3 is 9.30 Å². The van der Waals surface area contributed by atoms with Gasteiger partial charge in [0.25, 0.3) is 0 Å². The number of aryl methyl sites for hydroxylation is 1. The molecule has 13 heteroatoms. The average Bonchev–Trinajstić information content (AvgIpc) is 3.50. The molecule has 184 valence electrons. The molecule has 0 saturated heterocycles. The fourth-order valence-corrected chi connectivity index (χ4v) is 5.90. The number of thiazole rings is 1. The van der Waals surface area contributed by atoms with Gasteiger partial charge in [0.05, 0.1) is 21.8 Å². The van der Waals surface area contributed by atoms with Gasteiger partial charge in [-0.3, -0.25) is 4.98 Å². The Balaban J connectivity index is 1.73. The van der Waals surface area contributed by atoms with Gasteiger partial charge in [0, 0.05) is 36.3 Å². The molecule has 0 radical (unpaired) electrons. The minimum Gasteiger partial charge on any atom is -0.372 e. The van der Waals surface area contributed by atoms with Crippen molar-refractivity contribution in [3.63, 3.8) is 0 Å². The van der Waals surface area contributed by atoms with Gasteiger partial charge in [-0.2, -0.15) is 0 Å². The van der Waals surface area contributed by atoms with Gasteiger partial charge in [-0.15, -0.1) is 21.5 Å². The minimum atomic E-state index is -3.78. The van der Waals surface area contributed by atoms with E-state index in [0.29, 0.717) is 22.4 Å². The van der Waals surface area contributed by atoms with E-state index in [1.165, 1.54) is 30.8 Å². The Labute approximate surface area is 212 Å². The number of nitrogens with zero attached hydrogens (tertiary/aromatic N) is 7. The summed E-state index contributed by atoms with van der Waals surface area (Å²) in [7, 11) is -2.36. The van der Waals surface area contributed by atoms with E-state index in [9.17, 15) is 8.42 Å². The zero-order chi connectivity index (χ0) is 25.2. The van der Waals surface area contributed by atoms with Gasteiger partial charge in [-0.1, -0.05) is 17.7 Å². The van der Waals surface area contributed by atoms with Crippen molar-refractivity contribution in [1.82, 2.24) is 34.7 Å². The summed E-state index contributed by atoms with van der Waals surface area (Å²) in [6.07, 6.45) is 3.68. The lowest BCUT2D eigenvalue weighted by atomic mass is 10.2. The van der Waals surface area contributed by atoms with Crippen molar-refractivity contribution in [1.29, 1.82) is 0 Å². The Morgan fingerprint density at radius 2 is 1.89 bits per heavy atom. The summed E-state index contributed by atoms with van der Waals surface area (Å²) in [5.74, 6) is 0.653. The summed E-state index contributed by atoms with van der Waals surface area (Å²) in [5.41, 5.74) is 3.15. The quantitative estimate of drug-likeness (QED) is 0.315. The maximum atomic E-state index is 13.5. The summed E-state index contributed by atoms with van der Waals surface area (Å²) in [6, 6.07) is 5.33. The molecule has 4 rings (SSSR count). The normalized spacial score (nSPS) is 14.5. The fourth-order valence-electron chi connectivity index (χ4n) is 3.71. The molecule has 0 N–H and O–H groups in total. The van der Waals surface area contributed by atoms with Crippen LogP contribution in [-0.4, -0.2) is 55.5 Å². The largest absolute Gasteiger partial charge is 0.372 e. The standard InChI is InChI=1S/C22H24ClN7O3S2/c1-13-6-5-7-17(27-13)22-29-28-19(30(22)14(2)18-10-24-12-34-18)11-35(31,32)15(3)20(33-4)21-25-8-16(23)9-26-21/h5-10,12,14-15,20H,11H2,1-4H3/t14-,15+,20+/m1/s1. The van der Waals surface area contributed by atoms with Gasteiger partial charge >= 0.3 is 0 Å². The molecular formula is C22H24ClN7O3S2. The summed E-state index contributed by atoms with van der Waals surface area (Å²) >= 11 is 7.35. The molecule has 3 atom stereocenters. The topological polar surface area (TPSA) is 126 Å². The predicted molar refractivity (Wildman–Crippen MR) is 133 cm³/mol. The van der Waals surface area contributed by atoms with E-state index in [1.54, 1.807) is 23.2 Å². The van der Waals surface area contributed by atoms with Crippen LogP contribution in [0.15, 0.2) is 42.3 Å². The third-order valence-corrected chi connectivity index (χ3v) is 8.79. The lowest BCUT2D eigenvalue weighted by molar-refractivity contribution is 0.0948. The highest BCUT2D eigenvalue weighted by Crippen LogP contribution is 2.31. The van der Waals surface area contributed by atoms with Crippen LogP contribution in [0.25, 0.3) is 11.5 Å². The Bertz CT molecular complexity index is 1390. The smallest absolute Gasteiger partial charge is 0.183 e. The number of hydrogen-bond donors (Lipinski definition) is 0. The number of aromatic nitrogens is 7. The van der Waals surface area contributed by atoms with Gasteiger partial charge in [0.15, 0.2) is 21.5 Å². The highest BCUT2D eigenvalue weighted by Gasteiger charge is 2.35. The molecule has 0 bridgehead atoms. The molecule has 0 aliphatic rings. The van der Waals surface area contributed by atoms with Crippen LogP contribution in [0.1, 0.15) is 48.2 Å². The zero-order valence-electron chi connectivity index (χ0n) is 19.5. The lowest BCUT2D eigenvalue weighted by Crippen LogP contribution is -2.30. The van der Waals surface area contributed by atoms with Crippen molar-refractivity contribution in [2.24, 2.45) is 0 Å². The van der Waals surface area contributed by atoms with Crippen molar-refractivity contribution < 1.29 is 13.2 Å². The van der Waals surface area contributed by atoms with Crippen molar-refractivity contribution in [2.45, 2.75) is 43.9 Å². The summed E-state index contributed by atoms with van der Waals surface area (Å²) in [4.78, 5) is 18.0. The summed E-state index contributed by atoms with van der Waals surface area (Å²) in [5, 5.41) is 8.00. The number of hydrogen-bond acceptors (Lipinski definition) is 10. The first-order valence-electron chi connectivity index (χ1n) is 10.7. The molecule has 0 aliphatic carbocycles. The third-order valence-electron chi connectivity index (χ3n) is 5.61. The van der Waals surface area contributed by atoms with Crippen molar-refractivity contribution in [2.75, 3.05) is 7.11 Å². The number of ether oxygens (including phenoxy) is 1. The molecule has 0 amide bonds. The van der Waals surface area contributed by atoms with Gasteiger partial charge in [-0.25, -0.2) is 23.4 Å². The minimum absolute atomic E-state index is 0.233. The van der Waals surface area contributed by atoms with Crippen LogP contribution in [-0.2, 0) is 20.3 Å². The third kappa shape index (κ3) is 5.40. The van der Waals surface area contributed by atoms with E-state index < -0.39 is 21.2 Å². The van der Waals surface area contributed by atoms with E-state index in [0.717, 1.165) is 10.6 Å². The van der Waals surface area contributed by atoms with E-state index >= 15 is 0 Å². The molecule has 0 aliphatic heterocycles. The molecule has 0 saturated carbocycles. The molecule has 4 heterocycles. The van der Waals surface area contributed by atoms with Crippen molar-refractivity contribution >= 4 is 32.8 Å². The molecule has 0 aromatic carbocycles. The van der Waals surface area contributed by atoms with Crippen LogP contribution in [0, 0.1) is 6.92 Å². The number of pyridine rings is 1. The first kappa shape index (κ1) is 25.3. The molecular weight excluding hydrogens is 510 g/mol. The number of halogens is 1. The molecule has 35 heavy (non-hydrogen) atoms. The molecule has 0 spiro atoms. The van der Waals surface area contributed by atoms with Gasteiger partial charge in [0.2, 0.25) is 0 Å². The highest BCUT2D eigenvalue weighted by atomic mass is 35.5. The first-order chi connectivity index (χ1) is 16.7. The van der Waals surface area contributed by atoms with E-state index in [1.807, 2.05) is 32.0 Å². The first-order valence-corrected chi connectivity index (χ1v) is 13.7. The Kier molecular flexibility index (Phi) is 7.55. The van der Waals surface area contributed by atoms with Gasteiger partial charge in [0.1, 0.15) is 23.4 Å². The molecule has 4 aromatic heterocycles. The number of sulfone groups is 1. The maximum Gasteiger partial charge on any atom is 0.183 e. The van der Waals surface area contributed by atoms with Crippen LogP contribution in [0.4, 0.5) is 0 Å². The van der Waals surface area contributed by atoms with E-state index in [4.69, 9.17) is 16.3 Å². The fraction of sp³-hybridized carbons (Fsp3) is 0.364. The van der Waals surface area contributed by atoms with Crippen LogP contribution in [0.3, 0.4) is 0 Å². The molecule has 0 unspecified atom stereocenters. The monoisotopic (exact) mass is 533 g/mol. The van der Waals surface area contributed by atoms with Crippen LogP contribution < -0.4 is 0 Å². The Morgan fingerprint density at radius 1 is 1.14 bits per heavy atom. The van der Waals surface area contributed by atoms with Crippen molar-refractivity contribution in [3.05, 3.63) is 69.5 Å². The molecule has 10 nitrogen and oxygen atoms in total. The van der Waals surface area contributed by atoms with Gasteiger partial charge in [-0.05, 0) is 32.9 Å². The molecule has 0 fully saturated rings. The second-order valence-corrected chi connectivity index (χ2v) is 11.7. The highest BCUT2D eigenvalue weighted by molar-refractivity contribution is 7.91. The number of methoxy groups -OCH3 is 1. The summed E-state index contributed by atoms with van der Waals surface area (Å²) < 4.78 is 34.4. The van der Waals surface area contributed by atoms with Crippen molar-refractivity contribution in [3.8, 4) is 11.5 Å². The maximum absolute atomic E-state index is 13.5. The predicted octanol–water partition coefficient (Wildman–Crippen LogP) is 3.85. The zero-order valence-corrected chi connectivity index (χ0v) is 21.9. The van der Waals surface area contributed by atoms with Crippen LogP contribution >= 0.6 is 22.9 Å². The lowest BCUT2D eigenvalue weighted by Gasteiger charge is -2.22. The van der Waals surface area contributed by atoms with Crippen LogP contribution in [0.2, 0.25) is 5.02 Å². The number of rotatable bonds is 9. The van der Waals surface area contributed by atoms with E-state index in [2.05, 4.69) is 30.1 Å². The van der Waals surface area contributed by atoms with E-state index in [-0.39, 0.29) is 17.6 Å². The average molecular weight is 534 g/mol.